The maximum absolute atomic E-state index is 11.0. The van der Waals surface area contributed by atoms with Crippen molar-refractivity contribution in [2.45, 2.75) is 24.6 Å². The number of carbonyl (C=O) groups is 2. The normalized spacial score (nSPS) is 39.9. The molecule has 2 fully saturated rings. The van der Waals surface area contributed by atoms with Gasteiger partial charge in [0, 0.05) is 0 Å². The Hall–Kier alpha value is -0.135. The summed E-state index contributed by atoms with van der Waals surface area (Å²) in [6, 6.07) is 0. The molecule has 4 nitrogen and oxygen atoms in total. The zero-order chi connectivity index (χ0) is 10.8. The SMILES string of the molecule is O=BPP[C@@H]1C[C@@H]2OC(=O)C[C@@H]2[C@H]1C=O. The molecule has 7 heteroatoms. The molecule has 2 unspecified atom stereocenters. The molecule has 0 aromatic carbocycles. The van der Waals surface area contributed by atoms with Crippen molar-refractivity contribution >= 4 is 35.5 Å². The molecule has 1 saturated heterocycles. The fourth-order valence-electron chi connectivity index (χ4n) is 2.43. The summed E-state index contributed by atoms with van der Waals surface area (Å²) in [5.74, 6) is -0.187. The third kappa shape index (κ3) is 2.19. The van der Waals surface area contributed by atoms with E-state index in [0.717, 1.165) is 19.6 Å². The van der Waals surface area contributed by atoms with Crippen LogP contribution in [0.15, 0.2) is 0 Å². The summed E-state index contributed by atoms with van der Waals surface area (Å²) in [7, 11) is 0.796. The number of hydrogen-bond acceptors (Lipinski definition) is 4. The van der Waals surface area contributed by atoms with Gasteiger partial charge in [-0.15, -0.1) is 0 Å². The van der Waals surface area contributed by atoms with Crippen molar-refractivity contribution in [3.05, 3.63) is 0 Å². The number of fused-ring (bicyclic) bond motifs is 1. The van der Waals surface area contributed by atoms with Gasteiger partial charge in [0.05, 0.1) is 0 Å². The van der Waals surface area contributed by atoms with Crippen LogP contribution in [0.25, 0.3) is 0 Å². The molecule has 0 aromatic rings. The van der Waals surface area contributed by atoms with Crippen molar-refractivity contribution in [3.63, 3.8) is 0 Å². The molecule has 1 heterocycles. The van der Waals surface area contributed by atoms with E-state index in [4.69, 9.17) is 4.74 Å². The van der Waals surface area contributed by atoms with Crippen LogP contribution in [0.4, 0.5) is 0 Å². The van der Waals surface area contributed by atoms with Gasteiger partial charge in [-0.25, -0.2) is 0 Å². The Morgan fingerprint density at radius 3 is 3.00 bits per heavy atom. The summed E-state index contributed by atoms with van der Waals surface area (Å²) in [5, 5.41) is 0. The maximum atomic E-state index is 11.0. The number of esters is 1. The molecule has 1 saturated carbocycles. The molecular weight excluding hydrogens is 233 g/mol. The minimum atomic E-state index is -0.184. The Morgan fingerprint density at radius 2 is 2.33 bits per heavy atom. The second-order valence-corrected chi connectivity index (χ2v) is 7.15. The van der Waals surface area contributed by atoms with Gasteiger partial charge in [0.1, 0.15) is 0 Å². The zero-order valence-corrected chi connectivity index (χ0v) is 10.0. The average Bonchev–Trinajstić information content (AvgIpc) is 2.70. The molecular formula is C8H11BO4P2. The average molecular weight is 244 g/mol. The number of rotatable bonds is 4. The third-order valence-corrected chi connectivity index (χ3v) is 6.33. The first-order chi connectivity index (χ1) is 7.26. The van der Waals surface area contributed by atoms with Gasteiger partial charge in [-0.05, 0) is 0 Å². The van der Waals surface area contributed by atoms with Gasteiger partial charge in [0.2, 0.25) is 0 Å². The Morgan fingerprint density at radius 1 is 1.53 bits per heavy atom. The first kappa shape index (κ1) is 11.4. The summed E-state index contributed by atoms with van der Waals surface area (Å²) in [4.78, 5) is 22.0. The van der Waals surface area contributed by atoms with E-state index in [1.165, 1.54) is 0 Å². The summed E-state index contributed by atoms with van der Waals surface area (Å²) in [6.07, 6.45) is 2.01. The monoisotopic (exact) mass is 244 g/mol. The Bertz CT molecular complexity index is 298. The Kier molecular flexibility index (Phi) is 3.63. The third-order valence-electron chi connectivity index (χ3n) is 3.09. The van der Waals surface area contributed by atoms with Crippen LogP contribution in [0.5, 0.6) is 0 Å². The predicted molar refractivity (Wildman–Crippen MR) is 59.0 cm³/mol. The van der Waals surface area contributed by atoms with Gasteiger partial charge >= 0.3 is 91.0 Å². The van der Waals surface area contributed by atoms with Crippen molar-refractivity contribution in [1.82, 2.24) is 0 Å². The molecule has 0 spiro atoms. The first-order valence-electron chi connectivity index (χ1n) is 4.85. The zero-order valence-electron chi connectivity index (χ0n) is 8.01. The minimum absolute atomic E-state index is 0.0679. The first-order valence-corrected chi connectivity index (χ1v) is 8.01. The molecule has 80 valence electrons. The van der Waals surface area contributed by atoms with Gasteiger partial charge < -0.3 is 0 Å². The molecule has 2 aliphatic rings. The summed E-state index contributed by atoms with van der Waals surface area (Å²) < 4.78 is 15.4. The van der Waals surface area contributed by atoms with Crippen molar-refractivity contribution in [1.29, 1.82) is 0 Å². The fourth-order valence-corrected chi connectivity index (χ4v) is 5.36. The second kappa shape index (κ2) is 4.80. The topological polar surface area (TPSA) is 60.4 Å². The Balaban J connectivity index is 2.02. The molecule has 0 amide bonds. The van der Waals surface area contributed by atoms with E-state index >= 15 is 0 Å². The van der Waals surface area contributed by atoms with Crippen molar-refractivity contribution < 1.29 is 19.0 Å². The van der Waals surface area contributed by atoms with E-state index in [1.54, 1.807) is 0 Å². The molecule has 2 rings (SSSR count). The van der Waals surface area contributed by atoms with Crippen molar-refractivity contribution in [2.24, 2.45) is 11.8 Å². The number of aldehydes is 1. The van der Waals surface area contributed by atoms with Crippen LogP contribution >= 0.6 is 16.4 Å². The number of hydrogen-bond donors (Lipinski definition) is 0. The van der Waals surface area contributed by atoms with Gasteiger partial charge in [0.15, 0.2) is 0 Å². The number of carbonyl (C=O) groups excluding carboxylic acids is 2. The molecule has 0 bridgehead atoms. The van der Waals surface area contributed by atoms with E-state index in [9.17, 15) is 14.3 Å². The molecule has 6 atom stereocenters. The van der Waals surface area contributed by atoms with Crippen LogP contribution in [-0.2, 0) is 19.0 Å². The molecule has 1 aliphatic heterocycles. The standard InChI is InChI=1S/C8H11BO4P2/c10-3-5-4-1-8(11)13-6(4)2-7(5)14-15-9-12/h3-7,14-15H,1-2H2/t4-,5-,6+,7-/m1/s1. The fraction of sp³-hybridized carbons (Fsp3) is 0.750. The van der Waals surface area contributed by atoms with Gasteiger partial charge in [-0.3, -0.25) is 0 Å². The van der Waals surface area contributed by atoms with Crippen LogP contribution < -0.4 is 0 Å². The van der Waals surface area contributed by atoms with E-state index in [1.807, 2.05) is 0 Å². The van der Waals surface area contributed by atoms with E-state index in [0.29, 0.717) is 14.7 Å². The van der Waals surface area contributed by atoms with E-state index in [2.05, 4.69) is 0 Å². The molecule has 0 radical (unpaired) electrons. The summed E-state index contributed by atoms with van der Waals surface area (Å²) in [6.45, 7) is 0.917. The van der Waals surface area contributed by atoms with Crippen LogP contribution in [0.3, 0.4) is 0 Å². The Labute approximate surface area is 91.6 Å². The van der Waals surface area contributed by atoms with Crippen LogP contribution in [0.2, 0.25) is 0 Å². The second-order valence-electron chi connectivity index (χ2n) is 3.86. The van der Waals surface area contributed by atoms with Crippen LogP contribution in [0, 0.1) is 11.8 Å². The summed E-state index contributed by atoms with van der Waals surface area (Å²) in [5.41, 5.74) is 0.258. The van der Waals surface area contributed by atoms with Crippen LogP contribution in [-0.4, -0.2) is 30.9 Å². The molecule has 0 N–H and O–H groups in total. The number of ether oxygens (including phenoxy) is 1. The predicted octanol–water partition coefficient (Wildman–Crippen LogP) is 0.742. The van der Waals surface area contributed by atoms with E-state index in [-0.39, 0.29) is 37.7 Å². The van der Waals surface area contributed by atoms with Crippen LogP contribution in [0.1, 0.15) is 12.8 Å². The quantitative estimate of drug-likeness (QED) is 0.316. The summed E-state index contributed by atoms with van der Waals surface area (Å²) >= 11 is 0. The molecule has 0 aromatic heterocycles. The van der Waals surface area contributed by atoms with Gasteiger partial charge in [-0.2, -0.15) is 0 Å². The van der Waals surface area contributed by atoms with Gasteiger partial charge in [-0.1, -0.05) is 0 Å². The van der Waals surface area contributed by atoms with Gasteiger partial charge in [0.25, 0.3) is 0 Å². The van der Waals surface area contributed by atoms with Crippen molar-refractivity contribution in [3.8, 4) is 0 Å². The van der Waals surface area contributed by atoms with Crippen molar-refractivity contribution in [2.75, 3.05) is 0 Å². The molecule has 1 aliphatic carbocycles. The van der Waals surface area contributed by atoms with E-state index < -0.39 is 0 Å². The molecule has 15 heavy (non-hydrogen) atoms.